The quantitative estimate of drug-likeness (QED) is 0.334. The summed E-state index contributed by atoms with van der Waals surface area (Å²) in [5.41, 5.74) is 4.17. The summed E-state index contributed by atoms with van der Waals surface area (Å²) in [6, 6.07) is 8.43. The number of benzene rings is 1. The molecule has 0 aliphatic rings. The topological polar surface area (TPSA) is 4.93 Å². The lowest BCUT2D eigenvalue weighted by Crippen LogP contribution is -1.96. The van der Waals surface area contributed by atoms with Gasteiger partial charge < -0.3 is 4.57 Å². The van der Waals surface area contributed by atoms with Crippen LogP contribution in [-0.4, -0.2) is 4.57 Å². The Morgan fingerprint density at radius 3 is 2.67 bits per heavy atom. The van der Waals surface area contributed by atoms with E-state index in [1.165, 1.54) is 54.3 Å². The van der Waals surface area contributed by atoms with Gasteiger partial charge in [-0.1, -0.05) is 55.2 Å². The van der Waals surface area contributed by atoms with Gasteiger partial charge in [-0.15, -0.1) is 0 Å². The Kier molecular flexibility index (Phi) is 7.65. The molecular formula is C22H30ClN. The summed E-state index contributed by atoms with van der Waals surface area (Å²) in [5, 5.41) is 2.07. The van der Waals surface area contributed by atoms with Crippen molar-refractivity contribution in [1.29, 1.82) is 0 Å². The molecule has 130 valence electrons. The summed E-state index contributed by atoms with van der Waals surface area (Å²) in [6.45, 7) is 4.31. The summed E-state index contributed by atoms with van der Waals surface area (Å²) in [4.78, 5) is 0. The molecule has 0 atom stereocenters. The average molecular weight is 344 g/mol. The van der Waals surface area contributed by atoms with E-state index in [9.17, 15) is 0 Å². The van der Waals surface area contributed by atoms with E-state index in [2.05, 4.69) is 61.9 Å². The average Bonchev–Trinajstić information content (AvgIpc) is 2.86. The number of hydrogen-bond acceptors (Lipinski definition) is 0. The molecular weight excluding hydrogens is 314 g/mol. The number of rotatable bonds is 9. The van der Waals surface area contributed by atoms with Gasteiger partial charge >= 0.3 is 0 Å². The lowest BCUT2D eigenvalue weighted by Gasteiger charge is -2.05. The van der Waals surface area contributed by atoms with E-state index >= 15 is 0 Å². The van der Waals surface area contributed by atoms with E-state index in [1.807, 2.05) is 6.07 Å². The summed E-state index contributed by atoms with van der Waals surface area (Å²) in [7, 11) is 2.16. The minimum atomic E-state index is 0.816. The third kappa shape index (κ3) is 5.27. The highest BCUT2D eigenvalue weighted by Gasteiger charge is 2.06. The first-order chi connectivity index (χ1) is 11.7. The zero-order chi connectivity index (χ0) is 17.4. The van der Waals surface area contributed by atoms with Crippen LogP contribution in [0.5, 0.6) is 0 Å². The molecule has 0 unspecified atom stereocenters. The number of nitrogens with zero attached hydrogens (tertiary/aromatic N) is 1. The van der Waals surface area contributed by atoms with Gasteiger partial charge in [0.1, 0.15) is 0 Å². The van der Waals surface area contributed by atoms with Crippen LogP contribution in [-0.2, 0) is 13.5 Å². The van der Waals surface area contributed by atoms with Gasteiger partial charge in [-0.2, -0.15) is 0 Å². The van der Waals surface area contributed by atoms with Crippen LogP contribution in [0.3, 0.4) is 0 Å². The summed E-state index contributed by atoms with van der Waals surface area (Å²) < 4.78 is 2.31. The second-order valence-corrected chi connectivity index (χ2v) is 6.94. The monoisotopic (exact) mass is 343 g/mol. The molecule has 2 aromatic rings. The number of aromatic nitrogens is 1. The summed E-state index contributed by atoms with van der Waals surface area (Å²) in [5.74, 6) is 0. The van der Waals surface area contributed by atoms with E-state index in [0.29, 0.717) is 0 Å². The molecule has 0 bridgehead atoms. The van der Waals surface area contributed by atoms with Crippen molar-refractivity contribution in [3.05, 3.63) is 58.8 Å². The zero-order valence-electron chi connectivity index (χ0n) is 15.3. The van der Waals surface area contributed by atoms with Crippen LogP contribution < -0.4 is 0 Å². The molecule has 0 amide bonds. The van der Waals surface area contributed by atoms with Gasteiger partial charge in [-0.25, -0.2) is 0 Å². The van der Waals surface area contributed by atoms with Crippen molar-refractivity contribution in [3.63, 3.8) is 0 Å². The van der Waals surface area contributed by atoms with Crippen molar-refractivity contribution in [2.45, 2.75) is 58.8 Å². The fourth-order valence-corrected chi connectivity index (χ4v) is 3.52. The standard InChI is InChI=1S/C22H30ClN/c1-4-10-18(11-5-2)12-8-6-7-9-13-21-17-19-16-20(23)14-15-22(19)24(21)3/h4,10-11,14-17H,5-9,12-13H2,1-3H3/b10-4-,18-11+. The molecule has 0 spiro atoms. The molecule has 1 aromatic carbocycles. The maximum absolute atomic E-state index is 6.09. The van der Waals surface area contributed by atoms with Crippen LogP contribution in [0.4, 0.5) is 0 Å². The van der Waals surface area contributed by atoms with Gasteiger partial charge in [0.25, 0.3) is 0 Å². The van der Waals surface area contributed by atoms with Crippen LogP contribution in [0.25, 0.3) is 10.9 Å². The van der Waals surface area contributed by atoms with Gasteiger partial charge in [-0.05, 0) is 63.3 Å². The molecule has 0 saturated heterocycles. The fourth-order valence-electron chi connectivity index (χ4n) is 3.34. The van der Waals surface area contributed by atoms with Crippen molar-refractivity contribution < 1.29 is 0 Å². The van der Waals surface area contributed by atoms with Gasteiger partial charge in [-0.3, -0.25) is 0 Å². The van der Waals surface area contributed by atoms with Gasteiger partial charge in [0.15, 0.2) is 0 Å². The number of hydrogen-bond donors (Lipinski definition) is 0. The van der Waals surface area contributed by atoms with E-state index in [0.717, 1.165) is 17.9 Å². The van der Waals surface area contributed by atoms with E-state index in [1.54, 1.807) is 0 Å². The Bertz CT molecular complexity index is 706. The number of fused-ring (bicyclic) bond motifs is 1. The molecule has 0 aliphatic carbocycles. The highest BCUT2D eigenvalue weighted by molar-refractivity contribution is 6.31. The molecule has 24 heavy (non-hydrogen) atoms. The van der Waals surface area contributed by atoms with E-state index < -0.39 is 0 Å². The molecule has 2 heteroatoms. The Labute approximate surface area is 152 Å². The van der Waals surface area contributed by atoms with Crippen molar-refractivity contribution in [3.8, 4) is 0 Å². The van der Waals surface area contributed by atoms with Crippen LogP contribution >= 0.6 is 11.6 Å². The summed E-state index contributed by atoms with van der Waals surface area (Å²) in [6.07, 6.45) is 15.4. The van der Waals surface area contributed by atoms with Gasteiger partial charge in [0, 0.05) is 28.7 Å². The van der Waals surface area contributed by atoms with Gasteiger partial charge in [0.2, 0.25) is 0 Å². The third-order valence-electron chi connectivity index (χ3n) is 4.60. The molecule has 0 radical (unpaired) electrons. The zero-order valence-corrected chi connectivity index (χ0v) is 16.1. The van der Waals surface area contributed by atoms with Crippen LogP contribution in [0.15, 0.2) is 48.1 Å². The molecule has 2 rings (SSSR count). The minimum Gasteiger partial charge on any atom is -0.348 e. The number of allylic oxidation sites excluding steroid dienone is 4. The SMILES string of the molecule is C/C=C\C(=C/CC)CCCCCCc1cc2cc(Cl)ccc2n1C. The first-order valence-corrected chi connectivity index (χ1v) is 9.59. The van der Waals surface area contributed by atoms with Crippen LogP contribution in [0.1, 0.15) is 58.1 Å². The fraction of sp³-hybridized carbons (Fsp3) is 0.455. The Morgan fingerprint density at radius 1 is 1.12 bits per heavy atom. The van der Waals surface area contributed by atoms with Crippen molar-refractivity contribution in [2.24, 2.45) is 7.05 Å². The molecule has 1 heterocycles. The van der Waals surface area contributed by atoms with E-state index in [4.69, 9.17) is 11.6 Å². The van der Waals surface area contributed by atoms with Crippen molar-refractivity contribution >= 4 is 22.5 Å². The predicted octanol–water partition coefficient (Wildman–Crippen LogP) is 7.24. The number of halogens is 1. The molecule has 1 aromatic heterocycles. The second-order valence-electron chi connectivity index (χ2n) is 6.50. The number of unbranched alkanes of at least 4 members (excludes halogenated alkanes) is 3. The molecule has 0 fully saturated rings. The lowest BCUT2D eigenvalue weighted by molar-refractivity contribution is 0.629. The largest absolute Gasteiger partial charge is 0.348 e. The smallest absolute Gasteiger partial charge is 0.0480 e. The third-order valence-corrected chi connectivity index (χ3v) is 4.83. The minimum absolute atomic E-state index is 0.816. The number of aryl methyl sites for hydroxylation is 2. The first kappa shape index (κ1) is 18.9. The van der Waals surface area contributed by atoms with Crippen LogP contribution in [0.2, 0.25) is 5.02 Å². The summed E-state index contributed by atoms with van der Waals surface area (Å²) >= 11 is 6.09. The predicted molar refractivity (Wildman–Crippen MR) is 108 cm³/mol. The normalized spacial score (nSPS) is 12.6. The Balaban J connectivity index is 1.77. The first-order valence-electron chi connectivity index (χ1n) is 9.21. The van der Waals surface area contributed by atoms with Crippen molar-refractivity contribution in [2.75, 3.05) is 0 Å². The Morgan fingerprint density at radius 2 is 1.92 bits per heavy atom. The molecule has 0 N–H and O–H groups in total. The molecule has 0 aliphatic heterocycles. The maximum atomic E-state index is 6.09. The lowest BCUT2D eigenvalue weighted by atomic mass is 10.0. The highest BCUT2D eigenvalue weighted by atomic mass is 35.5. The Hall–Kier alpha value is -1.47. The van der Waals surface area contributed by atoms with Gasteiger partial charge in [0.05, 0.1) is 0 Å². The van der Waals surface area contributed by atoms with Crippen LogP contribution in [0, 0.1) is 0 Å². The molecule has 1 nitrogen and oxygen atoms in total. The molecule has 0 saturated carbocycles. The maximum Gasteiger partial charge on any atom is 0.0480 e. The van der Waals surface area contributed by atoms with E-state index in [-0.39, 0.29) is 0 Å². The van der Waals surface area contributed by atoms with Crippen molar-refractivity contribution in [1.82, 2.24) is 4.57 Å². The highest BCUT2D eigenvalue weighted by Crippen LogP contribution is 2.24. The second kappa shape index (κ2) is 9.74.